The van der Waals surface area contributed by atoms with Crippen molar-refractivity contribution >= 4 is 15.8 Å². The number of hydrogen-bond acceptors (Lipinski definition) is 4. The van der Waals surface area contributed by atoms with Crippen LogP contribution in [0.2, 0.25) is 0 Å². The zero-order chi connectivity index (χ0) is 13.2. The summed E-state index contributed by atoms with van der Waals surface area (Å²) in [5.74, 6) is -1.98. The first-order valence-corrected chi connectivity index (χ1v) is 6.58. The number of carbonyl (C=O) groups is 1. The Morgan fingerprint density at radius 1 is 1.53 bits per heavy atom. The molecule has 1 unspecified atom stereocenters. The first-order valence-electron chi connectivity index (χ1n) is 4.68. The molecule has 0 aliphatic heterocycles. The topological polar surface area (TPSA) is 97.5 Å². The third-order valence-electron chi connectivity index (χ3n) is 2.18. The highest BCUT2D eigenvalue weighted by atomic mass is 32.2. The second-order valence-electron chi connectivity index (χ2n) is 3.67. The van der Waals surface area contributed by atoms with Gasteiger partial charge in [-0.2, -0.15) is 0 Å². The van der Waals surface area contributed by atoms with Gasteiger partial charge in [-0.3, -0.25) is 4.79 Å². The summed E-state index contributed by atoms with van der Waals surface area (Å²) >= 11 is 0. The summed E-state index contributed by atoms with van der Waals surface area (Å²) in [5, 5.41) is 8.56. The zero-order valence-electron chi connectivity index (χ0n) is 9.05. The van der Waals surface area contributed by atoms with Crippen molar-refractivity contribution in [3.63, 3.8) is 0 Å². The highest BCUT2D eigenvalue weighted by Crippen LogP contribution is 2.21. The fraction of sp³-hybridized carbons (Fsp3) is 0.300. The molecular formula is C10H12FNO4S. The number of carboxylic acid groups (broad SMARTS) is 1. The summed E-state index contributed by atoms with van der Waals surface area (Å²) < 4.78 is 35.8. The zero-order valence-corrected chi connectivity index (χ0v) is 9.87. The van der Waals surface area contributed by atoms with Gasteiger partial charge in [0.05, 0.1) is 6.42 Å². The molecule has 7 heteroatoms. The number of rotatable bonds is 4. The van der Waals surface area contributed by atoms with Gasteiger partial charge in [0.25, 0.3) is 0 Å². The summed E-state index contributed by atoms with van der Waals surface area (Å²) in [5.41, 5.74) is 5.83. The van der Waals surface area contributed by atoms with E-state index in [9.17, 15) is 17.6 Å². The van der Waals surface area contributed by atoms with Crippen molar-refractivity contribution < 1.29 is 22.7 Å². The minimum Gasteiger partial charge on any atom is -0.481 e. The van der Waals surface area contributed by atoms with Crippen LogP contribution in [0, 0.1) is 5.82 Å². The lowest BCUT2D eigenvalue weighted by atomic mass is 10.1. The maximum absolute atomic E-state index is 13.3. The predicted molar refractivity (Wildman–Crippen MR) is 58.7 cm³/mol. The van der Waals surface area contributed by atoms with Gasteiger partial charge in [-0.1, -0.05) is 6.07 Å². The van der Waals surface area contributed by atoms with Crippen molar-refractivity contribution in [3.05, 3.63) is 29.6 Å². The number of aliphatic carboxylic acids is 1. The number of sulfone groups is 1. The normalized spacial score (nSPS) is 13.4. The minimum absolute atomic E-state index is 0.272. The van der Waals surface area contributed by atoms with Gasteiger partial charge >= 0.3 is 5.97 Å². The van der Waals surface area contributed by atoms with Crippen LogP contribution < -0.4 is 5.73 Å². The minimum atomic E-state index is -3.70. The Hall–Kier alpha value is -1.47. The highest BCUT2D eigenvalue weighted by Gasteiger charge is 2.17. The predicted octanol–water partition coefficient (Wildman–Crippen LogP) is 0.704. The van der Waals surface area contributed by atoms with E-state index in [1.54, 1.807) is 0 Å². The fourth-order valence-corrected chi connectivity index (χ4v) is 2.11. The van der Waals surface area contributed by atoms with E-state index >= 15 is 0 Å². The van der Waals surface area contributed by atoms with E-state index in [2.05, 4.69) is 0 Å². The molecule has 1 aromatic carbocycles. The van der Waals surface area contributed by atoms with Crippen molar-refractivity contribution in [1.29, 1.82) is 0 Å². The Morgan fingerprint density at radius 3 is 2.59 bits per heavy atom. The molecule has 0 fully saturated rings. The van der Waals surface area contributed by atoms with Crippen molar-refractivity contribution in [2.45, 2.75) is 17.4 Å². The maximum atomic E-state index is 13.3. The Bertz CT molecular complexity index is 541. The van der Waals surface area contributed by atoms with Gasteiger partial charge in [0.2, 0.25) is 0 Å². The summed E-state index contributed by atoms with van der Waals surface area (Å²) in [4.78, 5) is 9.98. The number of carboxylic acids is 1. The van der Waals surface area contributed by atoms with Crippen LogP contribution in [0.3, 0.4) is 0 Å². The molecule has 5 nitrogen and oxygen atoms in total. The lowest BCUT2D eigenvalue weighted by molar-refractivity contribution is -0.137. The molecule has 1 rings (SSSR count). The second-order valence-corrected chi connectivity index (χ2v) is 5.65. The largest absolute Gasteiger partial charge is 0.481 e. The second kappa shape index (κ2) is 4.80. The standard InChI is InChI=1S/C10H12FNO4S/c1-17(15,16)9-4-6(2-3-7(9)11)8(12)5-10(13)14/h2-4,8H,5,12H2,1H3,(H,13,14). The molecule has 0 aliphatic rings. The summed E-state index contributed by atoms with van der Waals surface area (Å²) in [7, 11) is -3.70. The Balaban J connectivity index is 3.17. The number of halogens is 1. The molecule has 1 atom stereocenters. The third kappa shape index (κ3) is 3.50. The number of benzene rings is 1. The first kappa shape index (κ1) is 13.6. The lowest BCUT2D eigenvalue weighted by Crippen LogP contribution is -2.16. The van der Waals surface area contributed by atoms with Crippen molar-refractivity contribution in [1.82, 2.24) is 0 Å². The van der Waals surface area contributed by atoms with Crippen LogP contribution in [-0.2, 0) is 14.6 Å². The Labute approximate surface area is 98.0 Å². The number of hydrogen-bond donors (Lipinski definition) is 2. The van der Waals surface area contributed by atoms with Crippen molar-refractivity contribution in [2.24, 2.45) is 5.73 Å². The maximum Gasteiger partial charge on any atom is 0.305 e. The van der Waals surface area contributed by atoms with Crippen LogP contribution in [-0.4, -0.2) is 25.7 Å². The average molecular weight is 261 g/mol. The third-order valence-corrected chi connectivity index (χ3v) is 3.29. The summed E-state index contributed by atoms with van der Waals surface area (Å²) in [6.07, 6.45) is 0.521. The Kier molecular flexibility index (Phi) is 3.84. The molecule has 0 aromatic heterocycles. The van der Waals surface area contributed by atoms with Crippen LogP contribution in [0.15, 0.2) is 23.1 Å². The molecule has 0 bridgehead atoms. The molecule has 0 saturated carbocycles. The van der Waals surface area contributed by atoms with Crippen molar-refractivity contribution in [2.75, 3.05) is 6.26 Å². The van der Waals surface area contributed by atoms with E-state index in [1.807, 2.05) is 0 Å². The SMILES string of the molecule is CS(=O)(=O)c1cc(C(N)CC(=O)O)ccc1F. The fourth-order valence-electron chi connectivity index (χ4n) is 1.34. The van der Waals surface area contributed by atoms with Gasteiger partial charge in [0.1, 0.15) is 10.7 Å². The molecule has 1 aromatic rings. The number of nitrogens with two attached hydrogens (primary N) is 1. The quantitative estimate of drug-likeness (QED) is 0.831. The van der Waals surface area contributed by atoms with Crippen molar-refractivity contribution in [3.8, 4) is 0 Å². The van der Waals surface area contributed by atoms with E-state index in [0.29, 0.717) is 0 Å². The Morgan fingerprint density at radius 2 is 2.12 bits per heavy atom. The van der Waals surface area contributed by atoms with Gasteiger partial charge < -0.3 is 10.8 Å². The molecule has 0 aliphatic carbocycles. The van der Waals surface area contributed by atoms with Crippen LogP contribution in [0.4, 0.5) is 4.39 Å². The average Bonchev–Trinajstić information content (AvgIpc) is 2.15. The van der Waals surface area contributed by atoms with Crippen LogP contribution in [0.1, 0.15) is 18.0 Å². The van der Waals surface area contributed by atoms with E-state index < -0.39 is 32.6 Å². The van der Waals surface area contributed by atoms with E-state index in [0.717, 1.165) is 18.4 Å². The summed E-state index contributed by atoms with van der Waals surface area (Å²) in [6.45, 7) is 0. The van der Waals surface area contributed by atoms with Gasteiger partial charge in [-0.25, -0.2) is 12.8 Å². The first-order chi connectivity index (χ1) is 7.71. The molecule has 94 valence electrons. The van der Waals surface area contributed by atoms with E-state index in [1.165, 1.54) is 6.07 Å². The van der Waals surface area contributed by atoms with Gasteiger partial charge in [0, 0.05) is 12.3 Å². The summed E-state index contributed by atoms with van der Waals surface area (Å²) in [6, 6.07) is 2.44. The molecular weight excluding hydrogens is 249 g/mol. The van der Waals surface area contributed by atoms with E-state index in [4.69, 9.17) is 10.8 Å². The van der Waals surface area contributed by atoms with Crippen LogP contribution >= 0.6 is 0 Å². The molecule has 0 amide bonds. The lowest BCUT2D eigenvalue weighted by Gasteiger charge is -2.11. The molecule has 3 N–H and O–H groups in total. The van der Waals surface area contributed by atoms with Crippen LogP contribution in [0.5, 0.6) is 0 Å². The molecule has 17 heavy (non-hydrogen) atoms. The monoisotopic (exact) mass is 261 g/mol. The smallest absolute Gasteiger partial charge is 0.305 e. The van der Waals surface area contributed by atoms with Gasteiger partial charge in [-0.15, -0.1) is 0 Å². The van der Waals surface area contributed by atoms with Gasteiger partial charge in [-0.05, 0) is 17.7 Å². The van der Waals surface area contributed by atoms with Crippen LogP contribution in [0.25, 0.3) is 0 Å². The highest BCUT2D eigenvalue weighted by molar-refractivity contribution is 7.90. The van der Waals surface area contributed by atoms with Gasteiger partial charge in [0.15, 0.2) is 9.84 Å². The molecule has 0 radical (unpaired) electrons. The molecule has 0 heterocycles. The van der Waals surface area contributed by atoms with E-state index in [-0.39, 0.29) is 12.0 Å². The molecule has 0 spiro atoms. The molecule has 0 saturated heterocycles.